The zero-order chi connectivity index (χ0) is 17.3. The van der Waals surface area contributed by atoms with E-state index in [9.17, 15) is 4.79 Å². The van der Waals surface area contributed by atoms with E-state index in [2.05, 4.69) is 22.9 Å². The lowest BCUT2D eigenvalue weighted by molar-refractivity contribution is -0.653. The number of ether oxygens (including phenoxy) is 1. The van der Waals surface area contributed by atoms with Crippen LogP contribution in [-0.4, -0.2) is 29.5 Å². The first-order valence-corrected chi connectivity index (χ1v) is 7.98. The van der Waals surface area contributed by atoms with Crippen LogP contribution in [0, 0.1) is 0 Å². The van der Waals surface area contributed by atoms with Gasteiger partial charge in [0.05, 0.1) is 21.2 Å². The third-order valence-electron chi connectivity index (χ3n) is 4.51. The second kappa shape index (κ2) is 6.55. The molecule has 2 heterocycles. The lowest BCUT2D eigenvalue weighted by atomic mass is 9.61. The number of rotatable bonds is 5. The number of esters is 1. The molecule has 6 heteroatoms. The quantitative estimate of drug-likeness (QED) is 0.397. The summed E-state index contributed by atoms with van der Waals surface area (Å²) in [5.41, 5.74) is 3.29. The molecule has 0 fully saturated rings. The molecule has 0 saturated heterocycles. The van der Waals surface area contributed by atoms with Crippen LogP contribution in [0.15, 0.2) is 42.9 Å². The van der Waals surface area contributed by atoms with E-state index < -0.39 is 0 Å². The topological polar surface area (TPSA) is 40.0 Å². The third kappa shape index (κ3) is 2.96. The van der Waals surface area contributed by atoms with E-state index in [4.69, 9.17) is 4.74 Å². The van der Waals surface area contributed by atoms with Crippen molar-refractivity contribution in [3.05, 3.63) is 48.4 Å². The molecule has 0 saturated carbocycles. The third-order valence-corrected chi connectivity index (χ3v) is 4.51. The molecule has 0 spiro atoms. The molecule has 24 heavy (non-hydrogen) atoms. The summed E-state index contributed by atoms with van der Waals surface area (Å²) in [6.07, 6.45) is 6.65. The summed E-state index contributed by atoms with van der Waals surface area (Å²) < 4.78 is 11.1. The Labute approximate surface area is 142 Å². The minimum Gasteiger partial charge on any atom is -0.471 e. The molecule has 1 unspecified atom stereocenters. The minimum atomic E-state index is -0.333. The number of carbonyl (C=O) groups excluding carboxylic acids is 1. The highest BCUT2D eigenvalue weighted by atomic mass is 16.5. The number of benzene rings is 1. The van der Waals surface area contributed by atoms with Gasteiger partial charge in [0.15, 0.2) is 0 Å². The van der Waals surface area contributed by atoms with Gasteiger partial charge in [-0.25, -0.2) is 0 Å². The number of hydrogen-bond donors (Lipinski definition) is 0. The van der Waals surface area contributed by atoms with Gasteiger partial charge in [0.1, 0.15) is 12.4 Å². The molecular formula is C18H22BN3O2. The first kappa shape index (κ1) is 16.4. The van der Waals surface area contributed by atoms with E-state index in [1.54, 1.807) is 0 Å². The van der Waals surface area contributed by atoms with Gasteiger partial charge in [0.25, 0.3) is 5.97 Å². The van der Waals surface area contributed by atoms with Crippen LogP contribution in [0.2, 0.25) is 5.82 Å². The van der Waals surface area contributed by atoms with Crippen molar-refractivity contribution in [2.24, 2.45) is 21.1 Å². The average Bonchev–Trinajstić information content (AvgIpc) is 3.07. The maximum absolute atomic E-state index is 12.3. The largest absolute Gasteiger partial charge is 0.471 e. The molecule has 0 aliphatic rings. The molecular weight excluding hydrogens is 301 g/mol. The molecule has 1 atom stereocenters. The van der Waals surface area contributed by atoms with Crippen LogP contribution >= 0.6 is 0 Å². The van der Waals surface area contributed by atoms with Crippen molar-refractivity contribution >= 4 is 29.9 Å². The van der Waals surface area contributed by atoms with Gasteiger partial charge in [-0.1, -0.05) is 18.2 Å². The molecule has 124 valence electrons. The van der Waals surface area contributed by atoms with Crippen LogP contribution in [0.25, 0.3) is 10.9 Å². The number of imidazole rings is 1. The Morgan fingerprint density at radius 1 is 1.29 bits per heavy atom. The summed E-state index contributed by atoms with van der Waals surface area (Å²) in [6, 6.07) is 8.24. The number of methoxy groups -OCH3 is 1. The number of aryl methyl sites for hydroxylation is 3. The molecule has 3 aromatic rings. The Hall–Kier alpha value is -2.50. The SMILES string of the molecule is COC(=O)C([B-]c1n(C)cc[n+]1C)Cc1cn(C)c2ccccc12. The number of fused-ring (bicyclic) bond motifs is 1. The number of para-hydroxylation sites is 1. The van der Waals surface area contributed by atoms with Crippen molar-refractivity contribution < 1.29 is 14.1 Å². The Bertz CT molecular complexity index is 862. The summed E-state index contributed by atoms with van der Waals surface area (Å²) in [5.74, 6) is -0.551. The van der Waals surface area contributed by atoms with Gasteiger partial charge >= 0.3 is 0 Å². The smallest absolute Gasteiger partial charge is 0.268 e. The van der Waals surface area contributed by atoms with Crippen LogP contribution in [-0.2, 0) is 37.1 Å². The lowest BCUT2D eigenvalue weighted by Gasteiger charge is -2.24. The molecule has 2 radical (unpaired) electrons. The van der Waals surface area contributed by atoms with E-state index in [1.807, 2.05) is 62.1 Å². The molecule has 5 nitrogen and oxygen atoms in total. The summed E-state index contributed by atoms with van der Waals surface area (Å²) >= 11 is 0. The first-order chi connectivity index (χ1) is 11.5. The summed E-state index contributed by atoms with van der Waals surface area (Å²) in [7, 11) is 9.39. The molecule has 0 amide bonds. The predicted octanol–water partition coefficient (Wildman–Crippen LogP) is 0.875. The predicted molar refractivity (Wildman–Crippen MR) is 94.4 cm³/mol. The highest BCUT2D eigenvalue weighted by molar-refractivity contribution is 6.56. The molecule has 0 aliphatic heterocycles. The van der Waals surface area contributed by atoms with E-state index >= 15 is 0 Å². The Balaban J connectivity index is 1.93. The van der Waals surface area contributed by atoms with Gasteiger partial charge in [-0.2, -0.15) is 7.28 Å². The maximum Gasteiger partial charge on any atom is 0.268 e. The number of hydrogen-bond acceptors (Lipinski definition) is 2. The van der Waals surface area contributed by atoms with Crippen molar-refractivity contribution in [3.8, 4) is 0 Å². The van der Waals surface area contributed by atoms with Crippen molar-refractivity contribution in [2.45, 2.75) is 12.2 Å². The zero-order valence-corrected chi connectivity index (χ0v) is 14.6. The van der Waals surface area contributed by atoms with Crippen molar-refractivity contribution in [2.75, 3.05) is 7.11 Å². The highest BCUT2D eigenvalue weighted by Crippen LogP contribution is 2.25. The zero-order valence-electron chi connectivity index (χ0n) is 14.6. The van der Waals surface area contributed by atoms with Gasteiger partial charge in [-0.05, 0) is 18.1 Å². The number of carbonyl (C=O) groups is 1. The van der Waals surface area contributed by atoms with Gasteiger partial charge < -0.3 is 9.30 Å². The maximum atomic E-state index is 12.3. The van der Waals surface area contributed by atoms with E-state index in [-0.39, 0.29) is 11.8 Å². The van der Waals surface area contributed by atoms with Crippen molar-refractivity contribution in [3.63, 3.8) is 0 Å². The van der Waals surface area contributed by atoms with E-state index in [1.165, 1.54) is 18.0 Å². The summed E-state index contributed by atoms with van der Waals surface area (Å²) in [5, 5.41) is 1.18. The molecule has 0 bridgehead atoms. The Morgan fingerprint density at radius 2 is 2.04 bits per heavy atom. The summed E-state index contributed by atoms with van der Waals surface area (Å²) in [4.78, 5) is 12.3. The molecule has 1 aromatic carbocycles. The fourth-order valence-electron chi connectivity index (χ4n) is 3.20. The van der Waals surface area contributed by atoms with E-state index in [0.717, 1.165) is 11.3 Å². The van der Waals surface area contributed by atoms with Gasteiger partial charge in [0.2, 0.25) is 0 Å². The van der Waals surface area contributed by atoms with Gasteiger partial charge in [-0.3, -0.25) is 13.9 Å². The van der Waals surface area contributed by atoms with Crippen LogP contribution in [0.3, 0.4) is 0 Å². The number of aromatic nitrogens is 3. The Morgan fingerprint density at radius 3 is 2.71 bits per heavy atom. The monoisotopic (exact) mass is 323 g/mol. The average molecular weight is 323 g/mol. The van der Waals surface area contributed by atoms with Crippen LogP contribution in [0.5, 0.6) is 0 Å². The molecule has 0 aliphatic carbocycles. The van der Waals surface area contributed by atoms with Gasteiger partial charge in [0, 0.05) is 29.9 Å². The fraction of sp³-hybridized carbons (Fsp3) is 0.333. The normalized spacial score (nSPS) is 12.5. The fourth-order valence-corrected chi connectivity index (χ4v) is 3.20. The van der Waals surface area contributed by atoms with Crippen LogP contribution in [0.1, 0.15) is 5.56 Å². The number of nitrogens with zero attached hydrogens (tertiary/aromatic N) is 3. The van der Waals surface area contributed by atoms with Crippen molar-refractivity contribution in [1.29, 1.82) is 0 Å². The van der Waals surface area contributed by atoms with Crippen molar-refractivity contribution in [1.82, 2.24) is 9.13 Å². The Kier molecular flexibility index (Phi) is 4.47. The van der Waals surface area contributed by atoms with Crippen LogP contribution in [0.4, 0.5) is 0 Å². The van der Waals surface area contributed by atoms with E-state index in [0.29, 0.717) is 6.42 Å². The lowest BCUT2D eigenvalue weighted by Crippen LogP contribution is -2.51. The summed E-state index contributed by atoms with van der Waals surface area (Å²) in [6.45, 7) is 0. The molecule has 0 N–H and O–H groups in total. The second-order valence-corrected chi connectivity index (χ2v) is 6.16. The standard InChI is InChI=1S/C18H22BN3O2/c1-20-9-10-21(2)18(20)19-15(17(23)24-4)11-13-12-22(3)16-8-6-5-7-14(13)16/h5-10,12,15H,11H2,1-4H3. The van der Waals surface area contributed by atoms with Gasteiger partial charge in [-0.15, -0.1) is 5.82 Å². The highest BCUT2D eigenvalue weighted by Gasteiger charge is 2.16. The first-order valence-electron chi connectivity index (χ1n) is 7.98. The minimum absolute atomic E-state index is 0.218. The second-order valence-electron chi connectivity index (χ2n) is 6.16. The van der Waals surface area contributed by atoms with Crippen LogP contribution < -0.4 is 10.3 Å². The molecule has 3 rings (SSSR count). The molecule has 2 aromatic heterocycles.